The van der Waals surface area contributed by atoms with Crippen LogP contribution in [0.25, 0.3) is 10.9 Å². The highest BCUT2D eigenvalue weighted by Gasteiger charge is 2.68. The molecule has 3 aromatic rings. The van der Waals surface area contributed by atoms with Crippen molar-refractivity contribution in [1.82, 2.24) is 4.57 Å². The Morgan fingerprint density at radius 2 is 1.60 bits per heavy atom. The number of carbonyl (C=O) groups excluding carboxylic acids is 1. The van der Waals surface area contributed by atoms with E-state index in [4.69, 9.17) is 4.74 Å². The maximum Gasteiger partial charge on any atom is 0.169 e. The summed E-state index contributed by atoms with van der Waals surface area (Å²) in [5, 5.41) is 1.08. The van der Waals surface area contributed by atoms with Crippen molar-refractivity contribution >= 4 is 16.7 Å². The molecule has 0 unspecified atom stereocenters. The fourth-order valence-corrected chi connectivity index (χ4v) is 4.89. The van der Waals surface area contributed by atoms with Crippen LogP contribution in [0.4, 0.5) is 0 Å². The first-order valence-electron chi connectivity index (χ1n) is 11.1. The van der Waals surface area contributed by atoms with Crippen molar-refractivity contribution in [2.45, 2.75) is 53.7 Å². The highest BCUT2D eigenvalue weighted by Crippen LogP contribution is 2.69. The molecule has 1 fully saturated rings. The van der Waals surface area contributed by atoms with Gasteiger partial charge in [-0.3, -0.25) is 4.79 Å². The quantitative estimate of drug-likeness (QED) is 0.301. The van der Waals surface area contributed by atoms with Gasteiger partial charge < -0.3 is 9.30 Å². The lowest BCUT2D eigenvalue weighted by molar-refractivity contribution is 0.0946. The molecule has 0 atom stereocenters. The van der Waals surface area contributed by atoms with E-state index < -0.39 is 0 Å². The van der Waals surface area contributed by atoms with E-state index in [-0.39, 0.29) is 16.7 Å². The van der Waals surface area contributed by atoms with Gasteiger partial charge in [-0.05, 0) is 35.3 Å². The number of unbranched alkanes of at least 4 members (excludes halogenated alkanes) is 1. The highest BCUT2D eigenvalue weighted by molar-refractivity contribution is 6.11. The third-order valence-corrected chi connectivity index (χ3v) is 7.39. The van der Waals surface area contributed by atoms with Gasteiger partial charge in [0.2, 0.25) is 0 Å². The maximum atomic E-state index is 13.4. The zero-order valence-electron chi connectivity index (χ0n) is 18.7. The summed E-state index contributed by atoms with van der Waals surface area (Å²) >= 11 is 0. The number of hydrogen-bond donors (Lipinski definition) is 0. The Hall–Kier alpha value is -2.39. The van der Waals surface area contributed by atoms with Crippen molar-refractivity contribution in [2.75, 3.05) is 6.61 Å². The van der Waals surface area contributed by atoms with E-state index in [1.165, 1.54) is 5.56 Å². The lowest BCUT2D eigenvalue weighted by Crippen LogP contribution is -2.07. The number of aryl methyl sites for hydroxylation is 1. The van der Waals surface area contributed by atoms with E-state index in [1.807, 2.05) is 24.3 Å². The molecule has 0 radical (unpaired) electrons. The van der Waals surface area contributed by atoms with Crippen molar-refractivity contribution in [3.8, 4) is 0 Å². The fraction of sp³-hybridized carbons (Fsp3) is 0.444. The van der Waals surface area contributed by atoms with Gasteiger partial charge in [0.25, 0.3) is 0 Å². The molecule has 1 aliphatic carbocycles. The fourth-order valence-electron chi connectivity index (χ4n) is 4.89. The average molecular weight is 404 g/mol. The van der Waals surface area contributed by atoms with Crippen LogP contribution in [0.15, 0.2) is 60.8 Å². The number of carbonyl (C=O) groups is 1. The Morgan fingerprint density at radius 1 is 0.933 bits per heavy atom. The van der Waals surface area contributed by atoms with Crippen molar-refractivity contribution in [1.29, 1.82) is 0 Å². The normalized spacial score (nSPS) is 17.3. The highest BCUT2D eigenvalue weighted by atomic mass is 16.5. The standard InChI is InChI=1S/C27H33NO2/c1-26(2)25(27(26,3)4)24(29)22-18-28(23-15-9-8-14-21(22)23)16-10-11-17-30-19-20-12-6-5-7-13-20/h5-9,12-15,18,25H,10-11,16-17,19H2,1-4H3. The molecule has 1 heterocycles. The number of Topliss-reactive ketones (excluding diaryl/α,β-unsaturated/α-hetero) is 1. The Labute approximate surface area is 180 Å². The lowest BCUT2D eigenvalue weighted by Gasteiger charge is -2.06. The van der Waals surface area contributed by atoms with E-state index in [0.29, 0.717) is 12.4 Å². The van der Waals surface area contributed by atoms with Gasteiger partial charge in [0.1, 0.15) is 0 Å². The SMILES string of the molecule is CC1(C)C(C(=O)c2cn(CCCCOCc3ccccc3)c3ccccc23)C1(C)C. The van der Waals surface area contributed by atoms with Gasteiger partial charge in [-0.25, -0.2) is 0 Å². The number of benzene rings is 2. The van der Waals surface area contributed by atoms with Crippen LogP contribution in [0.1, 0.15) is 56.5 Å². The molecule has 1 saturated carbocycles. The molecule has 3 nitrogen and oxygen atoms in total. The van der Waals surface area contributed by atoms with Crippen molar-refractivity contribution in [3.63, 3.8) is 0 Å². The van der Waals surface area contributed by atoms with Crippen LogP contribution in [-0.4, -0.2) is 17.0 Å². The van der Waals surface area contributed by atoms with Gasteiger partial charge in [-0.1, -0.05) is 76.2 Å². The van der Waals surface area contributed by atoms with Gasteiger partial charge in [0, 0.05) is 41.7 Å². The second-order valence-corrected chi connectivity index (χ2v) is 9.74. The topological polar surface area (TPSA) is 31.2 Å². The third-order valence-electron chi connectivity index (χ3n) is 7.39. The number of para-hydroxylation sites is 1. The number of ketones is 1. The minimum absolute atomic E-state index is 0.0589. The number of hydrogen-bond acceptors (Lipinski definition) is 2. The summed E-state index contributed by atoms with van der Waals surface area (Å²) in [6.45, 7) is 11.2. The molecular weight excluding hydrogens is 370 g/mol. The van der Waals surface area contributed by atoms with Crippen LogP contribution < -0.4 is 0 Å². The van der Waals surface area contributed by atoms with Gasteiger partial charge >= 0.3 is 0 Å². The zero-order valence-corrected chi connectivity index (χ0v) is 18.7. The number of nitrogens with zero attached hydrogens (tertiary/aromatic N) is 1. The maximum absolute atomic E-state index is 13.4. The summed E-state index contributed by atoms with van der Waals surface area (Å²) in [5.41, 5.74) is 3.37. The first-order chi connectivity index (χ1) is 14.3. The number of aromatic nitrogens is 1. The van der Waals surface area contributed by atoms with Crippen molar-refractivity contribution in [3.05, 3.63) is 71.9 Å². The van der Waals surface area contributed by atoms with Gasteiger partial charge in [-0.2, -0.15) is 0 Å². The summed E-state index contributed by atoms with van der Waals surface area (Å²) in [6, 6.07) is 18.6. The second-order valence-electron chi connectivity index (χ2n) is 9.74. The second kappa shape index (κ2) is 8.03. The van der Waals surface area contributed by atoms with E-state index in [0.717, 1.165) is 42.5 Å². The minimum Gasteiger partial charge on any atom is -0.377 e. The molecule has 0 aliphatic heterocycles. The molecule has 3 heteroatoms. The number of fused-ring (bicyclic) bond motifs is 1. The molecule has 0 N–H and O–H groups in total. The molecule has 4 rings (SSSR count). The monoisotopic (exact) mass is 403 g/mol. The summed E-state index contributed by atoms with van der Waals surface area (Å²) < 4.78 is 8.06. The van der Waals surface area contributed by atoms with Gasteiger partial charge in [0.15, 0.2) is 5.78 Å². The van der Waals surface area contributed by atoms with Gasteiger partial charge in [0.05, 0.1) is 6.61 Å². The molecular formula is C27H33NO2. The molecule has 0 spiro atoms. The summed E-state index contributed by atoms with van der Waals surface area (Å²) in [5.74, 6) is 0.391. The smallest absolute Gasteiger partial charge is 0.169 e. The van der Waals surface area contributed by atoms with Crippen LogP contribution >= 0.6 is 0 Å². The number of rotatable bonds is 9. The molecule has 30 heavy (non-hydrogen) atoms. The Bertz CT molecular complexity index is 1020. The summed E-state index contributed by atoms with van der Waals surface area (Å²) in [7, 11) is 0. The summed E-state index contributed by atoms with van der Waals surface area (Å²) in [4.78, 5) is 13.4. The molecule has 1 aliphatic rings. The first-order valence-corrected chi connectivity index (χ1v) is 11.1. The Balaban J connectivity index is 1.38. The van der Waals surface area contributed by atoms with E-state index in [1.54, 1.807) is 0 Å². The van der Waals surface area contributed by atoms with Crippen molar-refractivity contribution in [2.24, 2.45) is 16.7 Å². The lowest BCUT2D eigenvalue weighted by atomic mass is 10.0. The predicted molar refractivity (Wildman–Crippen MR) is 123 cm³/mol. The van der Waals surface area contributed by atoms with Crippen LogP contribution in [0, 0.1) is 16.7 Å². The largest absolute Gasteiger partial charge is 0.377 e. The van der Waals surface area contributed by atoms with E-state index >= 15 is 0 Å². The third kappa shape index (κ3) is 3.72. The molecule has 0 bridgehead atoms. The van der Waals surface area contributed by atoms with Crippen LogP contribution in [0.3, 0.4) is 0 Å². The molecule has 1 aromatic heterocycles. The first kappa shape index (κ1) is 20.9. The van der Waals surface area contributed by atoms with Crippen molar-refractivity contribution < 1.29 is 9.53 Å². The molecule has 0 saturated heterocycles. The Morgan fingerprint density at radius 3 is 2.30 bits per heavy atom. The van der Waals surface area contributed by atoms with E-state index in [2.05, 4.69) is 68.8 Å². The van der Waals surface area contributed by atoms with Crippen LogP contribution in [-0.2, 0) is 17.9 Å². The van der Waals surface area contributed by atoms with Gasteiger partial charge in [-0.15, -0.1) is 0 Å². The minimum atomic E-state index is 0.0589. The predicted octanol–water partition coefficient (Wildman–Crippen LogP) is 6.50. The Kier molecular flexibility index (Phi) is 5.59. The molecule has 0 amide bonds. The molecule has 158 valence electrons. The molecule has 2 aromatic carbocycles. The van der Waals surface area contributed by atoms with Crippen LogP contribution in [0.2, 0.25) is 0 Å². The van der Waals surface area contributed by atoms with E-state index in [9.17, 15) is 4.79 Å². The number of ether oxygens (including phenoxy) is 1. The average Bonchev–Trinajstić information content (AvgIpc) is 3.00. The zero-order chi connectivity index (χ0) is 21.4. The van der Waals surface area contributed by atoms with Crippen LogP contribution in [0.5, 0.6) is 0 Å². The summed E-state index contributed by atoms with van der Waals surface area (Å²) in [6.07, 6.45) is 4.12.